The van der Waals surface area contributed by atoms with Gasteiger partial charge in [-0.2, -0.15) is 0 Å². The van der Waals surface area contributed by atoms with Gasteiger partial charge in [0.2, 0.25) is 10.0 Å². The lowest BCUT2D eigenvalue weighted by Crippen LogP contribution is -2.47. The molecule has 1 saturated carbocycles. The van der Waals surface area contributed by atoms with Gasteiger partial charge in [0.05, 0.1) is 30.8 Å². The Morgan fingerprint density at radius 3 is 2.62 bits per heavy atom. The molecule has 7 heteroatoms. The molecule has 3 rings (SSSR count). The van der Waals surface area contributed by atoms with Crippen molar-refractivity contribution in [1.29, 1.82) is 0 Å². The highest BCUT2D eigenvalue weighted by Crippen LogP contribution is 2.24. The van der Waals surface area contributed by atoms with E-state index in [1.54, 1.807) is 24.3 Å². The van der Waals surface area contributed by atoms with E-state index >= 15 is 0 Å². The standard InChI is InChI=1S/C14H20N2O4S/c17-9-13-10-20-8-7-16(13)12-3-5-14(6-4-12)21(18,19)15-11-1-2-11/h3-6,11,13,15,17H,1-2,7-10H2. The third-order valence-electron chi connectivity index (χ3n) is 3.82. The number of sulfonamides is 1. The van der Waals surface area contributed by atoms with Crippen LogP contribution in [0.15, 0.2) is 29.2 Å². The van der Waals surface area contributed by atoms with Gasteiger partial charge in [-0.05, 0) is 37.1 Å². The average Bonchev–Trinajstić information content (AvgIpc) is 3.30. The van der Waals surface area contributed by atoms with Crippen molar-refractivity contribution in [2.75, 3.05) is 31.3 Å². The lowest BCUT2D eigenvalue weighted by molar-refractivity contribution is 0.0727. The van der Waals surface area contributed by atoms with Gasteiger partial charge in [-0.15, -0.1) is 0 Å². The molecule has 0 amide bonds. The second-order valence-electron chi connectivity index (χ2n) is 5.49. The quantitative estimate of drug-likeness (QED) is 0.819. The Morgan fingerprint density at radius 1 is 1.29 bits per heavy atom. The minimum Gasteiger partial charge on any atom is -0.394 e. The van der Waals surface area contributed by atoms with E-state index in [0.717, 1.165) is 18.5 Å². The molecule has 1 saturated heterocycles. The Bertz CT molecular complexity index is 583. The lowest BCUT2D eigenvalue weighted by atomic mass is 10.2. The number of nitrogens with zero attached hydrogens (tertiary/aromatic N) is 1. The highest BCUT2D eigenvalue weighted by atomic mass is 32.2. The van der Waals surface area contributed by atoms with Gasteiger partial charge in [-0.3, -0.25) is 0 Å². The molecule has 2 fully saturated rings. The second kappa shape index (κ2) is 5.92. The minimum atomic E-state index is -3.41. The van der Waals surface area contributed by atoms with Crippen molar-refractivity contribution < 1.29 is 18.3 Å². The van der Waals surface area contributed by atoms with Crippen molar-refractivity contribution in [3.63, 3.8) is 0 Å². The molecular formula is C14H20N2O4S. The monoisotopic (exact) mass is 312 g/mol. The van der Waals surface area contributed by atoms with Gasteiger partial charge < -0.3 is 14.7 Å². The lowest BCUT2D eigenvalue weighted by Gasteiger charge is -2.36. The van der Waals surface area contributed by atoms with E-state index in [0.29, 0.717) is 19.8 Å². The third-order valence-corrected chi connectivity index (χ3v) is 5.35. The molecule has 6 nitrogen and oxygen atoms in total. The molecule has 0 bridgehead atoms. The fourth-order valence-electron chi connectivity index (χ4n) is 2.45. The highest BCUT2D eigenvalue weighted by Gasteiger charge is 2.28. The van der Waals surface area contributed by atoms with Crippen LogP contribution in [0.1, 0.15) is 12.8 Å². The molecule has 116 valence electrons. The molecule has 2 N–H and O–H groups in total. The Hall–Kier alpha value is -1.15. The zero-order chi connectivity index (χ0) is 14.9. The highest BCUT2D eigenvalue weighted by molar-refractivity contribution is 7.89. The molecule has 1 aromatic carbocycles. The summed E-state index contributed by atoms with van der Waals surface area (Å²) < 4.78 is 32.2. The molecule has 1 heterocycles. The molecule has 1 aliphatic heterocycles. The number of anilines is 1. The van der Waals surface area contributed by atoms with Crippen molar-refractivity contribution >= 4 is 15.7 Å². The molecule has 0 aromatic heterocycles. The molecule has 1 atom stereocenters. The van der Waals surface area contributed by atoms with Crippen LogP contribution in [-0.2, 0) is 14.8 Å². The summed E-state index contributed by atoms with van der Waals surface area (Å²) in [6, 6.07) is 6.83. The smallest absolute Gasteiger partial charge is 0.240 e. The fraction of sp³-hybridized carbons (Fsp3) is 0.571. The van der Waals surface area contributed by atoms with Crippen molar-refractivity contribution in [2.24, 2.45) is 0 Å². The molecule has 1 unspecified atom stereocenters. The molecule has 2 aliphatic rings. The van der Waals surface area contributed by atoms with E-state index in [1.807, 2.05) is 4.90 Å². The van der Waals surface area contributed by atoms with E-state index in [-0.39, 0.29) is 23.6 Å². The Morgan fingerprint density at radius 2 is 2.00 bits per heavy atom. The number of aliphatic hydroxyl groups is 1. The second-order valence-corrected chi connectivity index (χ2v) is 7.21. The van der Waals surface area contributed by atoms with Crippen LogP contribution >= 0.6 is 0 Å². The van der Waals surface area contributed by atoms with Gasteiger partial charge in [0, 0.05) is 18.3 Å². The summed E-state index contributed by atoms with van der Waals surface area (Å²) in [6.07, 6.45) is 1.84. The first kappa shape index (κ1) is 14.8. The van der Waals surface area contributed by atoms with Crippen molar-refractivity contribution in [3.05, 3.63) is 24.3 Å². The van der Waals surface area contributed by atoms with Gasteiger partial charge in [0.15, 0.2) is 0 Å². The molecule has 1 aromatic rings. The Kier molecular flexibility index (Phi) is 4.17. The summed E-state index contributed by atoms with van der Waals surface area (Å²) in [5, 5.41) is 9.39. The van der Waals surface area contributed by atoms with E-state index in [4.69, 9.17) is 4.74 Å². The van der Waals surface area contributed by atoms with Crippen LogP contribution in [0.4, 0.5) is 5.69 Å². The summed E-state index contributed by atoms with van der Waals surface area (Å²) in [4.78, 5) is 2.33. The fourth-order valence-corrected chi connectivity index (χ4v) is 3.76. The van der Waals surface area contributed by atoms with Crippen molar-refractivity contribution in [2.45, 2.75) is 29.8 Å². The summed E-state index contributed by atoms with van der Waals surface area (Å²) in [5.41, 5.74) is 0.905. The van der Waals surface area contributed by atoms with Gasteiger partial charge in [0.25, 0.3) is 0 Å². The average molecular weight is 312 g/mol. The number of nitrogens with one attached hydrogen (secondary N) is 1. The van der Waals surface area contributed by atoms with E-state index in [1.165, 1.54) is 0 Å². The van der Waals surface area contributed by atoms with Crippen molar-refractivity contribution in [3.8, 4) is 0 Å². The number of rotatable bonds is 5. The zero-order valence-corrected chi connectivity index (χ0v) is 12.6. The van der Waals surface area contributed by atoms with Crippen LogP contribution in [0.2, 0.25) is 0 Å². The van der Waals surface area contributed by atoms with Crippen LogP contribution in [0.3, 0.4) is 0 Å². The minimum absolute atomic E-state index is 0.0171. The third kappa shape index (κ3) is 3.37. The summed E-state index contributed by atoms with van der Waals surface area (Å²) in [5.74, 6) is 0. The predicted molar refractivity (Wildman–Crippen MR) is 78.8 cm³/mol. The van der Waals surface area contributed by atoms with Crippen LogP contribution in [0.5, 0.6) is 0 Å². The number of morpholine rings is 1. The maximum absolute atomic E-state index is 12.1. The van der Waals surface area contributed by atoms with E-state index < -0.39 is 10.0 Å². The van der Waals surface area contributed by atoms with Gasteiger partial charge in [-0.25, -0.2) is 13.1 Å². The summed E-state index contributed by atoms with van der Waals surface area (Å²) in [6.45, 7) is 1.81. The number of hydrogen-bond acceptors (Lipinski definition) is 5. The molecule has 21 heavy (non-hydrogen) atoms. The first-order valence-corrected chi connectivity index (χ1v) is 8.66. The largest absolute Gasteiger partial charge is 0.394 e. The number of benzene rings is 1. The van der Waals surface area contributed by atoms with E-state index in [9.17, 15) is 13.5 Å². The maximum Gasteiger partial charge on any atom is 0.240 e. The van der Waals surface area contributed by atoms with Crippen molar-refractivity contribution in [1.82, 2.24) is 4.72 Å². The maximum atomic E-state index is 12.1. The number of ether oxygens (including phenoxy) is 1. The zero-order valence-electron chi connectivity index (χ0n) is 11.7. The Balaban J connectivity index is 1.76. The SMILES string of the molecule is O=S(=O)(NC1CC1)c1ccc(N2CCOCC2CO)cc1. The topological polar surface area (TPSA) is 78.9 Å². The molecule has 0 radical (unpaired) electrons. The summed E-state index contributed by atoms with van der Waals surface area (Å²) in [7, 11) is -3.41. The molecule has 1 aliphatic carbocycles. The molecule has 0 spiro atoms. The molecular weight excluding hydrogens is 292 g/mol. The normalized spacial score (nSPS) is 23.3. The van der Waals surface area contributed by atoms with Gasteiger partial charge >= 0.3 is 0 Å². The number of hydrogen-bond donors (Lipinski definition) is 2. The van der Waals surface area contributed by atoms with Crippen LogP contribution in [0.25, 0.3) is 0 Å². The van der Waals surface area contributed by atoms with Gasteiger partial charge in [0.1, 0.15) is 0 Å². The van der Waals surface area contributed by atoms with Crippen LogP contribution < -0.4 is 9.62 Å². The van der Waals surface area contributed by atoms with Gasteiger partial charge in [-0.1, -0.05) is 0 Å². The summed E-state index contributed by atoms with van der Waals surface area (Å²) >= 11 is 0. The van der Waals surface area contributed by atoms with Crippen LogP contribution in [-0.4, -0.2) is 52.0 Å². The first-order valence-electron chi connectivity index (χ1n) is 7.18. The van der Waals surface area contributed by atoms with Crippen LogP contribution in [0, 0.1) is 0 Å². The Labute approximate surface area is 124 Å². The van der Waals surface area contributed by atoms with E-state index in [2.05, 4.69) is 4.72 Å². The number of aliphatic hydroxyl groups excluding tert-OH is 1. The first-order chi connectivity index (χ1) is 10.1. The predicted octanol–water partition coefficient (Wildman–Crippen LogP) is 0.325.